The molecule has 1 amide bonds. The highest BCUT2D eigenvalue weighted by Gasteiger charge is 2.24. The third kappa shape index (κ3) is 3.34. The third-order valence-electron chi connectivity index (χ3n) is 5.22. The second-order valence-corrected chi connectivity index (χ2v) is 7.01. The Morgan fingerprint density at radius 1 is 1.22 bits per heavy atom. The molecule has 1 saturated carbocycles. The van der Waals surface area contributed by atoms with Gasteiger partial charge in [-0.25, -0.2) is 4.68 Å². The number of Topliss-reactive ketones (excluding diaryl/α,β-unsaturated/α-hetero) is 1. The van der Waals surface area contributed by atoms with Gasteiger partial charge in [0.1, 0.15) is 0 Å². The second-order valence-electron chi connectivity index (χ2n) is 7.01. The normalized spacial score (nSPS) is 15.1. The van der Waals surface area contributed by atoms with Gasteiger partial charge in [0, 0.05) is 16.6 Å². The van der Waals surface area contributed by atoms with Crippen molar-refractivity contribution >= 4 is 22.6 Å². The Morgan fingerprint density at radius 2 is 2.00 bits per heavy atom. The van der Waals surface area contributed by atoms with Gasteiger partial charge in [-0.2, -0.15) is 0 Å². The Kier molecular flexibility index (Phi) is 4.70. The van der Waals surface area contributed by atoms with Gasteiger partial charge in [-0.3, -0.25) is 9.59 Å². The van der Waals surface area contributed by atoms with Gasteiger partial charge in [-0.05, 0) is 36.3 Å². The first-order valence-corrected chi connectivity index (χ1v) is 9.31. The van der Waals surface area contributed by atoms with E-state index in [2.05, 4.69) is 25.8 Å². The molecule has 140 valence electrons. The third-order valence-corrected chi connectivity index (χ3v) is 5.22. The lowest BCUT2D eigenvalue weighted by Gasteiger charge is -2.22. The number of nitrogens with one attached hydrogen (secondary N) is 2. The van der Waals surface area contributed by atoms with Crippen LogP contribution in [0.15, 0.2) is 24.3 Å². The van der Waals surface area contributed by atoms with E-state index in [1.807, 2.05) is 24.3 Å². The van der Waals surface area contributed by atoms with Crippen LogP contribution in [0.4, 0.5) is 0 Å². The molecule has 0 unspecified atom stereocenters. The van der Waals surface area contributed by atoms with Gasteiger partial charge in [0.25, 0.3) is 11.7 Å². The number of carbonyl (C=O) groups is 2. The number of amides is 1. The Labute approximate surface area is 156 Å². The standard InChI is InChI=1S/C19H22N6O2/c1-12-17(14-9-5-6-10-15(14)21-12)18(26)19(27)20-11-16-22-23-24-25(16)13-7-3-2-4-8-13/h5-6,9-10,13,21H,2-4,7-8,11H2,1H3,(H,20,27). The van der Waals surface area contributed by atoms with Crippen LogP contribution in [0.2, 0.25) is 0 Å². The van der Waals surface area contributed by atoms with E-state index < -0.39 is 11.7 Å². The zero-order valence-electron chi connectivity index (χ0n) is 15.2. The van der Waals surface area contributed by atoms with Crippen molar-refractivity contribution in [1.82, 2.24) is 30.5 Å². The molecule has 0 radical (unpaired) electrons. The molecule has 8 nitrogen and oxygen atoms in total. The number of hydrogen-bond donors (Lipinski definition) is 2. The van der Waals surface area contributed by atoms with E-state index in [1.165, 1.54) is 6.42 Å². The van der Waals surface area contributed by atoms with Gasteiger partial charge in [-0.15, -0.1) is 5.10 Å². The van der Waals surface area contributed by atoms with E-state index in [-0.39, 0.29) is 12.6 Å². The number of fused-ring (bicyclic) bond motifs is 1. The number of ketones is 1. The van der Waals surface area contributed by atoms with Crippen molar-refractivity contribution in [2.24, 2.45) is 0 Å². The van der Waals surface area contributed by atoms with Gasteiger partial charge in [0.05, 0.1) is 18.2 Å². The predicted molar refractivity (Wildman–Crippen MR) is 99.2 cm³/mol. The number of carbonyl (C=O) groups excluding carboxylic acids is 2. The molecule has 2 N–H and O–H groups in total. The maximum atomic E-state index is 12.7. The second kappa shape index (κ2) is 7.30. The molecule has 0 aliphatic heterocycles. The van der Waals surface area contributed by atoms with E-state index in [0.29, 0.717) is 17.1 Å². The first kappa shape index (κ1) is 17.4. The molecule has 1 aliphatic carbocycles. The first-order valence-electron chi connectivity index (χ1n) is 9.31. The number of hydrogen-bond acceptors (Lipinski definition) is 5. The summed E-state index contributed by atoms with van der Waals surface area (Å²) in [7, 11) is 0. The molecule has 1 aromatic carbocycles. The highest BCUT2D eigenvalue weighted by atomic mass is 16.2. The molecule has 2 heterocycles. The molecule has 0 saturated heterocycles. The van der Waals surface area contributed by atoms with Crippen molar-refractivity contribution in [3.8, 4) is 0 Å². The molecular formula is C19H22N6O2. The Balaban J connectivity index is 1.48. The monoisotopic (exact) mass is 366 g/mol. The smallest absolute Gasteiger partial charge is 0.292 e. The SMILES string of the molecule is Cc1[nH]c2ccccc2c1C(=O)C(=O)NCc1nnnn1C1CCCCC1. The lowest BCUT2D eigenvalue weighted by Crippen LogP contribution is -2.32. The summed E-state index contributed by atoms with van der Waals surface area (Å²) in [6.07, 6.45) is 5.64. The van der Waals surface area contributed by atoms with E-state index >= 15 is 0 Å². The molecule has 8 heteroatoms. The molecule has 0 atom stereocenters. The number of aromatic amines is 1. The number of para-hydroxylation sites is 1. The summed E-state index contributed by atoms with van der Waals surface area (Å²) < 4.78 is 1.79. The van der Waals surface area contributed by atoms with Crippen LogP contribution in [-0.2, 0) is 11.3 Å². The lowest BCUT2D eigenvalue weighted by atomic mass is 9.95. The summed E-state index contributed by atoms with van der Waals surface area (Å²) in [6, 6.07) is 7.73. The Hall–Kier alpha value is -3.03. The molecule has 4 rings (SSSR count). The average Bonchev–Trinajstić information content (AvgIpc) is 3.29. The fraction of sp³-hybridized carbons (Fsp3) is 0.421. The summed E-state index contributed by atoms with van der Waals surface area (Å²) >= 11 is 0. The summed E-state index contributed by atoms with van der Waals surface area (Å²) in [6.45, 7) is 1.93. The molecule has 0 spiro atoms. The van der Waals surface area contributed by atoms with Crippen molar-refractivity contribution in [2.45, 2.75) is 51.6 Å². The quantitative estimate of drug-likeness (QED) is 0.533. The van der Waals surface area contributed by atoms with Crippen molar-refractivity contribution < 1.29 is 9.59 Å². The summed E-state index contributed by atoms with van der Waals surface area (Å²) in [5.74, 6) is -0.624. The van der Waals surface area contributed by atoms with Gasteiger partial charge in [-0.1, -0.05) is 37.5 Å². The lowest BCUT2D eigenvalue weighted by molar-refractivity contribution is -0.117. The van der Waals surface area contributed by atoms with Crippen molar-refractivity contribution in [2.75, 3.05) is 0 Å². The highest BCUT2D eigenvalue weighted by Crippen LogP contribution is 2.27. The van der Waals surface area contributed by atoms with Crippen LogP contribution in [0, 0.1) is 6.92 Å². The van der Waals surface area contributed by atoms with Crippen molar-refractivity contribution in [3.63, 3.8) is 0 Å². The van der Waals surface area contributed by atoms with Crippen LogP contribution in [0.5, 0.6) is 0 Å². The molecule has 1 aliphatic rings. The van der Waals surface area contributed by atoms with Crippen LogP contribution in [0.25, 0.3) is 10.9 Å². The molecule has 2 aromatic heterocycles. The summed E-state index contributed by atoms with van der Waals surface area (Å²) in [4.78, 5) is 28.3. The number of tetrazole rings is 1. The van der Waals surface area contributed by atoms with Crippen LogP contribution in [0.1, 0.15) is 60.0 Å². The summed E-state index contributed by atoms with van der Waals surface area (Å²) in [5, 5.41) is 15.3. The Bertz CT molecular complexity index is 983. The minimum atomic E-state index is -0.652. The number of H-pyrrole nitrogens is 1. The largest absolute Gasteiger partial charge is 0.358 e. The minimum absolute atomic E-state index is 0.134. The van der Waals surface area contributed by atoms with E-state index in [1.54, 1.807) is 11.6 Å². The predicted octanol–water partition coefficient (Wildman–Crippen LogP) is 2.47. The van der Waals surface area contributed by atoms with Crippen LogP contribution < -0.4 is 5.32 Å². The molecule has 3 aromatic rings. The zero-order chi connectivity index (χ0) is 18.8. The van der Waals surface area contributed by atoms with E-state index in [9.17, 15) is 9.59 Å². The van der Waals surface area contributed by atoms with Crippen molar-refractivity contribution in [3.05, 3.63) is 41.3 Å². The average molecular weight is 366 g/mol. The maximum absolute atomic E-state index is 12.7. The molecule has 1 fully saturated rings. The topological polar surface area (TPSA) is 106 Å². The highest BCUT2D eigenvalue weighted by molar-refractivity contribution is 6.45. The minimum Gasteiger partial charge on any atom is -0.358 e. The number of aryl methyl sites for hydroxylation is 1. The number of nitrogens with zero attached hydrogens (tertiary/aromatic N) is 4. The van der Waals surface area contributed by atoms with Gasteiger partial charge in [0.2, 0.25) is 0 Å². The van der Waals surface area contributed by atoms with Crippen molar-refractivity contribution in [1.29, 1.82) is 0 Å². The van der Waals surface area contributed by atoms with Crippen LogP contribution in [0.3, 0.4) is 0 Å². The number of aromatic nitrogens is 5. The van der Waals surface area contributed by atoms with Crippen LogP contribution in [-0.4, -0.2) is 36.9 Å². The van der Waals surface area contributed by atoms with Gasteiger partial charge in [0.15, 0.2) is 5.82 Å². The summed E-state index contributed by atoms with van der Waals surface area (Å²) in [5.41, 5.74) is 1.94. The molecular weight excluding hydrogens is 344 g/mol. The van der Waals surface area contributed by atoms with E-state index in [4.69, 9.17) is 0 Å². The van der Waals surface area contributed by atoms with Gasteiger partial charge >= 0.3 is 0 Å². The molecule has 27 heavy (non-hydrogen) atoms. The van der Waals surface area contributed by atoms with E-state index in [0.717, 1.165) is 36.6 Å². The van der Waals surface area contributed by atoms with Gasteiger partial charge < -0.3 is 10.3 Å². The zero-order valence-corrected chi connectivity index (χ0v) is 15.2. The van der Waals surface area contributed by atoms with Crippen LogP contribution >= 0.6 is 0 Å². The molecule has 0 bridgehead atoms. The fourth-order valence-electron chi connectivity index (χ4n) is 3.86. The Morgan fingerprint density at radius 3 is 2.81 bits per heavy atom. The fourth-order valence-corrected chi connectivity index (χ4v) is 3.86. The maximum Gasteiger partial charge on any atom is 0.292 e. The number of benzene rings is 1. The number of rotatable bonds is 5. The first-order chi connectivity index (χ1) is 13.1.